The SMILES string of the molecule is CCNc1ncnc(N(C)CC2CC2C)c1OC. The van der Waals surface area contributed by atoms with Crippen LogP contribution in [-0.2, 0) is 0 Å². The topological polar surface area (TPSA) is 50.3 Å². The molecule has 0 bridgehead atoms. The molecule has 5 heteroatoms. The van der Waals surface area contributed by atoms with Gasteiger partial charge in [-0.15, -0.1) is 0 Å². The Morgan fingerprint density at radius 2 is 2.22 bits per heavy atom. The molecule has 2 rings (SSSR count). The van der Waals surface area contributed by atoms with Crippen molar-refractivity contribution in [3.63, 3.8) is 0 Å². The van der Waals surface area contributed by atoms with Crippen LogP contribution in [0.1, 0.15) is 20.3 Å². The van der Waals surface area contributed by atoms with Crippen LogP contribution in [0.4, 0.5) is 11.6 Å². The molecule has 1 saturated carbocycles. The van der Waals surface area contributed by atoms with Crippen molar-refractivity contribution in [1.29, 1.82) is 0 Å². The Balaban J connectivity index is 2.17. The van der Waals surface area contributed by atoms with Crippen LogP contribution < -0.4 is 15.0 Å². The number of nitrogens with zero attached hydrogens (tertiary/aromatic N) is 3. The van der Waals surface area contributed by atoms with Gasteiger partial charge in [-0.05, 0) is 25.2 Å². The number of nitrogens with one attached hydrogen (secondary N) is 1. The maximum absolute atomic E-state index is 5.45. The van der Waals surface area contributed by atoms with E-state index in [4.69, 9.17) is 4.74 Å². The molecule has 5 nitrogen and oxygen atoms in total. The molecular formula is C13H22N4O. The lowest BCUT2D eigenvalue weighted by Gasteiger charge is -2.21. The van der Waals surface area contributed by atoms with Gasteiger partial charge in [0.15, 0.2) is 11.6 Å². The summed E-state index contributed by atoms with van der Waals surface area (Å²) in [6, 6.07) is 0. The van der Waals surface area contributed by atoms with E-state index in [9.17, 15) is 0 Å². The molecule has 100 valence electrons. The minimum absolute atomic E-state index is 0.732. The van der Waals surface area contributed by atoms with Crippen LogP contribution in [0.15, 0.2) is 6.33 Å². The second kappa shape index (κ2) is 5.42. The molecule has 0 spiro atoms. The van der Waals surface area contributed by atoms with Crippen molar-refractivity contribution >= 4 is 11.6 Å². The van der Waals surface area contributed by atoms with Crippen molar-refractivity contribution in [3.8, 4) is 5.75 Å². The lowest BCUT2D eigenvalue weighted by molar-refractivity contribution is 0.412. The highest BCUT2D eigenvalue weighted by molar-refractivity contribution is 5.64. The number of hydrogen-bond donors (Lipinski definition) is 1. The Morgan fingerprint density at radius 3 is 2.78 bits per heavy atom. The van der Waals surface area contributed by atoms with Crippen molar-refractivity contribution in [2.45, 2.75) is 20.3 Å². The molecule has 0 amide bonds. The molecule has 0 saturated heterocycles. The van der Waals surface area contributed by atoms with Gasteiger partial charge in [0, 0.05) is 20.1 Å². The van der Waals surface area contributed by atoms with Gasteiger partial charge in [-0.2, -0.15) is 0 Å². The van der Waals surface area contributed by atoms with Gasteiger partial charge in [0.25, 0.3) is 0 Å². The Kier molecular flexibility index (Phi) is 3.89. The molecule has 0 aromatic carbocycles. The van der Waals surface area contributed by atoms with Crippen molar-refractivity contribution in [2.75, 3.05) is 37.5 Å². The molecule has 0 radical (unpaired) electrons. The molecule has 1 aromatic heterocycles. The fourth-order valence-corrected chi connectivity index (χ4v) is 2.21. The second-order valence-electron chi connectivity index (χ2n) is 4.96. The fraction of sp³-hybridized carbons (Fsp3) is 0.692. The van der Waals surface area contributed by atoms with Gasteiger partial charge in [-0.25, -0.2) is 9.97 Å². The third-order valence-corrected chi connectivity index (χ3v) is 3.48. The summed E-state index contributed by atoms with van der Waals surface area (Å²) < 4.78 is 5.45. The molecule has 2 unspecified atom stereocenters. The summed E-state index contributed by atoms with van der Waals surface area (Å²) in [5, 5.41) is 3.20. The Hall–Kier alpha value is -1.52. The summed E-state index contributed by atoms with van der Waals surface area (Å²) in [5.41, 5.74) is 0. The summed E-state index contributed by atoms with van der Waals surface area (Å²) in [6.07, 6.45) is 2.90. The van der Waals surface area contributed by atoms with Crippen LogP contribution in [0.3, 0.4) is 0 Å². The first-order valence-corrected chi connectivity index (χ1v) is 6.51. The standard InChI is InChI=1S/C13H22N4O/c1-5-14-12-11(18-4)13(16-8-15-12)17(3)7-10-6-9(10)2/h8-10H,5-7H2,1-4H3,(H,14,15,16). The van der Waals surface area contributed by atoms with Crippen LogP contribution in [0.2, 0.25) is 0 Å². The Labute approximate surface area is 109 Å². The number of hydrogen-bond acceptors (Lipinski definition) is 5. The van der Waals surface area contributed by atoms with E-state index >= 15 is 0 Å². The first-order chi connectivity index (χ1) is 8.67. The summed E-state index contributed by atoms with van der Waals surface area (Å²) in [4.78, 5) is 10.7. The molecule has 1 aliphatic carbocycles. The minimum atomic E-state index is 0.732. The van der Waals surface area contributed by atoms with Gasteiger partial charge < -0.3 is 15.0 Å². The largest absolute Gasteiger partial charge is 0.490 e. The molecule has 0 aliphatic heterocycles. The zero-order valence-electron chi connectivity index (χ0n) is 11.6. The van der Waals surface area contributed by atoms with E-state index in [2.05, 4.69) is 34.2 Å². The summed E-state index contributed by atoms with van der Waals surface area (Å²) in [5.74, 6) is 3.99. The van der Waals surface area contributed by atoms with Crippen LogP contribution >= 0.6 is 0 Å². The number of rotatable bonds is 6. The summed E-state index contributed by atoms with van der Waals surface area (Å²) in [6.45, 7) is 6.17. The van der Waals surface area contributed by atoms with E-state index in [1.807, 2.05) is 6.92 Å². The molecule has 1 aromatic rings. The lowest BCUT2D eigenvalue weighted by Crippen LogP contribution is -2.23. The maximum atomic E-state index is 5.45. The fourth-order valence-electron chi connectivity index (χ4n) is 2.21. The normalized spacial score (nSPS) is 21.6. The maximum Gasteiger partial charge on any atom is 0.204 e. The quantitative estimate of drug-likeness (QED) is 0.837. The van der Waals surface area contributed by atoms with E-state index in [1.54, 1.807) is 13.4 Å². The van der Waals surface area contributed by atoms with Gasteiger partial charge in [-0.1, -0.05) is 6.92 Å². The first kappa shape index (κ1) is 12.9. The number of methoxy groups -OCH3 is 1. The third kappa shape index (κ3) is 2.66. The smallest absolute Gasteiger partial charge is 0.204 e. The van der Waals surface area contributed by atoms with Crippen LogP contribution in [0.5, 0.6) is 5.75 Å². The second-order valence-corrected chi connectivity index (χ2v) is 4.96. The van der Waals surface area contributed by atoms with Gasteiger partial charge in [0.2, 0.25) is 5.75 Å². The average Bonchev–Trinajstić information content (AvgIpc) is 3.05. The van der Waals surface area contributed by atoms with Crippen molar-refractivity contribution < 1.29 is 4.74 Å². The number of anilines is 2. The minimum Gasteiger partial charge on any atom is -0.490 e. The molecule has 1 fully saturated rings. The predicted molar refractivity (Wildman–Crippen MR) is 73.3 cm³/mol. The highest BCUT2D eigenvalue weighted by atomic mass is 16.5. The van der Waals surface area contributed by atoms with Crippen LogP contribution in [0, 0.1) is 11.8 Å². The molecule has 1 heterocycles. The van der Waals surface area contributed by atoms with E-state index < -0.39 is 0 Å². The van der Waals surface area contributed by atoms with E-state index in [-0.39, 0.29) is 0 Å². The number of ether oxygens (including phenoxy) is 1. The van der Waals surface area contributed by atoms with Gasteiger partial charge in [-0.3, -0.25) is 0 Å². The van der Waals surface area contributed by atoms with E-state index in [1.165, 1.54) is 6.42 Å². The van der Waals surface area contributed by atoms with E-state index in [0.717, 1.165) is 42.3 Å². The highest BCUT2D eigenvalue weighted by Crippen LogP contribution is 2.40. The molecule has 1 aliphatic rings. The lowest BCUT2D eigenvalue weighted by atomic mass is 10.3. The van der Waals surface area contributed by atoms with E-state index in [0.29, 0.717) is 0 Å². The van der Waals surface area contributed by atoms with Gasteiger partial charge in [0.05, 0.1) is 7.11 Å². The zero-order valence-corrected chi connectivity index (χ0v) is 11.6. The average molecular weight is 250 g/mol. The van der Waals surface area contributed by atoms with Crippen molar-refractivity contribution in [2.24, 2.45) is 11.8 Å². The third-order valence-electron chi connectivity index (χ3n) is 3.48. The predicted octanol–water partition coefficient (Wildman–Crippen LogP) is 2.01. The van der Waals surface area contributed by atoms with Gasteiger partial charge >= 0.3 is 0 Å². The van der Waals surface area contributed by atoms with Crippen LogP contribution in [-0.4, -0.2) is 37.2 Å². The van der Waals surface area contributed by atoms with Crippen molar-refractivity contribution in [1.82, 2.24) is 9.97 Å². The van der Waals surface area contributed by atoms with Gasteiger partial charge in [0.1, 0.15) is 6.33 Å². The molecule has 18 heavy (non-hydrogen) atoms. The monoisotopic (exact) mass is 250 g/mol. The Morgan fingerprint density at radius 1 is 1.50 bits per heavy atom. The molecule has 1 N–H and O–H groups in total. The Bertz CT molecular complexity index is 410. The summed E-state index contributed by atoms with van der Waals surface area (Å²) >= 11 is 0. The zero-order chi connectivity index (χ0) is 13.1. The highest BCUT2D eigenvalue weighted by Gasteiger charge is 2.34. The summed E-state index contributed by atoms with van der Waals surface area (Å²) in [7, 11) is 3.72. The number of aromatic nitrogens is 2. The molecule has 2 atom stereocenters. The molecular weight excluding hydrogens is 228 g/mol. The van der Waals surface area contributed by atoms with Crippen LogP contribution in [0.25, 0.3) is 0 Å². The van der Waals surface area contributed by atoms with Crippen molar-refractivity contribution in [3.05, 3.63) is 6.33 Å². The first-order valence-electron chi connectivity index (χ1n) is 6.51.